The predicted octanol–water partition coefficient (Wildman–Crippen LogP) is 1.66. The third-order valence-corrected chi connectivity index (χ3v) is 4.22. The lowest BCUT2D eigenvalue weighted by atomic mass is 9.96. The lowest BCUT2D eigenvalue weighted by Gasteiger charge is -2.30. The highest BCUT2D eigenvalue weighted by Crippen LogP contribution is 2.46. The van der Waals surface area contributed by atoms with E-state index in [1.807, 2.05) is 4.90 Å². The molecule has 0 bridgehead atoms. The molecule has 3 heteroatoms. The monoisotopic (exact) mass is 228 g/mol. The van der Waals surface area contributed by atoms with E-state index in [2.05, 4.69) is 23.5 Å². The van der Waals surface area contributed by atoms with Gasteiger partial charge in [-0.25, -0.2) is 0 Å². The maximum absolute atomic E-state index is 12.5. The number of carbonyl (C=O) groups is 1. The van der Waals surface area contributed by atoms with Crippen LogP contribution in [0.5, 0.6) is 0 Å². The molecular formula is C14H16N2O. The Balaban J connectivity index is 1.87. The van der Waals surface area contributed by atoms with E-state index in [4.69, 9.17) is 0 Å². The van der Waals surface area contributed by atoms with Crippen LogP contribution in [-0.4, -0.2) is 30.4 Å². The quantitative estimate of drug-likeness (QED) is 0.793. The zero-order valence-electron chi connectivity index (χ0n) is 9.78. The first kappa shape index (κ1) is 9.66. The Labute approximate surface area is 101 Å². The molecule has 2 heterocycles. The highest BCUT2D eigenvalue weighted by molar-refractivity contribution is 6.01. The number of benzene rings is 1. The molecule has 88 valence electrons. The van der Waals surface area contributed by atoms with Crippen LogP contribution in [0.25, 0.3) is 0 Å². The van der Waals surface area contributed by atoms with Crippen molar-refractivity contribution in [2.24, 2.45) is 0 Å². The fraction of sp³-hybridized carbons (Fsp3) is 0.500. The highest BCUT2D eigenvalue weighted by Gasteiger charge is 2.41. The standard InChI is InChI=1S/C14H16N2O/c17-14-13-10(9-4-5-9)2-1-3-11(13)12-8-15-6-7-16(12)14/h1-3,9,12,15H,4-8H2/t12-/m0/s1. The first-order chi connectivity index (χ1) is 8.36. The molecule has 3 nitrogen and oxygen atoms in total. The first-order valence-corrected chi connectivity index (χ1v) is 6.51. The summed E-state index contributed by atoms with van der Waals surface area (Å²) in [5.74, 6) is 0.928. The lowest BCUT2D eigenvalue weighted by molar-refractivity contribution is 0.0690. The number of piperazine rings is 1. The fourth-order valence-corrected chi connectivity index (χ4v) is 3.22. The second kappa shape index (κ2) is 3.33. The van der Waals surface area contributed by atoms with Crippen LogP contribution in [0.3, 0.4) is 0 Å². The summed E-state index contributed by atoms with van der Waals surface area (Å²) in [6.07, 6.45) is 2.51. The Kier molecular flexibility index (Phi) is 1.89. The molecule has 4 rings (SSSR count). The summed E-state index contributed by atoms with van der Waals surface area (Å²) >= 11 is 0. The summed E-state index contributed by atoms with van der Waals surface area (Å²) in [5, 5.41) is 3.39. The maximum Gasteiger partial charge on any atom is 0.255 e. The van der Waals surface area contributed by atoms with Crippen LogP contribution in [0.15, 0.2) is 18.2 Å². The van der Waals surface area contributed by atoms with Crippen molar-refractivity contribution in [1.29, 1.82) is 0 Å². The van der Waals surface area contributed by atoms with E-state index in [0.29, 0.717) is 5.92 Å². The van der Waals surface area contributed by atoms with Gasteiger partial charge in [0.15, 0.2) is 0 Å². The average Bonchev–Trinajstić information content (AvgIpc) is 3.18. The number of nitrogens with one attached hydrogen (secondary N) is 1. The Bertz CT molecular complexity index is 493. The van der Waals surface area contributed by atoms with Crippen molar-refractivity contribution in [2.45, 2.75) is 24.8 Å². The number of amides is 1. The average molecular weight is 228 g/mol. The minimum Gasteiger partial charge on any atom is -0.329 e. The van der Waals surface area contributed by atoms with Crippen LogP contribution >= 0.6 is 0 Å². The molecular weight excluding hydrogens is 212 g/mol. The van der Waals surface area contributed by atoms with Crippen molar-refractivity contribution in [3.05, 3.63) is 34.9 Å². The Morgan fingerprint density at radius 1 is 1.24 bits per heavy atom. The van der Waals surface area contributed by atoms with Crippen LogP contribution in [0.2, 0.25) is 0 Å². The number of rotatable bonds is 1. The number of carbonyl (C=O) groups excluding carboxylic acids is 1. The molecule has 2 aliphatic heterocycles. The minimum absolute atomic E-state index is 0.272. The van der Waals surface area contributed by atoms with Crippen molar-refractivity contribution in [3.63, 3.8) is 0 Å². The zero-order chi connectivity index (χ0) is 11.4. The van der Waals surface area contributed by atoms with Gasteiger partial charge in [0, 0.05) is 25.2 Å². The van der Waals surface area contributed by atoms with Gasteiger partial charge in [0.1, 0.15) is 0 Å². The third kappa shape index (κ3) is 1.29. The van der Waals surface area contributed by atoms with E-state index in [0.717, 1.165) is 25.2 Å². The van der Waals surface area contributed by atoms with Gasteiger partial charge in [-0.05, 0) is 29.9 Å². The van der Waals surface area contributed by atoms with Crippen LogP contribution < -0.4 is 5.32 Å². The SMILES string of the molecule is O=C1c2c(C3CC3)cccc2[C@@H]2CNCCN12. The van der Waals surface area contributed by atoms with Crippen LogP contribution in [-0.2, 0) is 0 Å². The molecule has 1 N–H and O–H groups in total. The normalized spacial score (nSPS) is 26.9. The minimum atomic E-state index is 0.272. The molecule has 17 heavy (non-hydrogen) atoms. The summed E-state index contributed by atoms with van der Waals surface area (Å²) in [6.45, 7) is 2.68. The molecule has 0 aromatic heterocycles. The predicted molar refractivity (Wildman–Crippen MR) is 65.1 cm³/mol. The van der Waals surface area contributed by atoms with Gasteiger partial charge in [0.25, 0.3) is 5.91 Å². The highest BCUT2D eigenvalue weighted by atomic mass is 16.2. The molecule has 1 aromatic carbocycles. The van der Waals surface area contributed by atoms with E-state index in [1.54, 1.807) is 0 Å². The number of hydrogen-bond donors (Lipinski definition) is 1. The smallest absolute Gasteiger partial charge is 0.255 e. The van der Waals surface area contributed by atoms with Crippen molar-refractivity contribution in [1.82, 2.24) is 10.2 Å². The van der Waals surface area contributed by atoms with Gasteiger partial charge in [-0.2, -0.15) is 0 Å². The van der Waals surface area contributed by atoms with Crippen molar-refractivity contribution in [3.8, 4) is 0 Å². The van der Waals surface area contributed by atoms with Gasteiger partial charge in [0.2, 0.25) is 0 Å². The summed E-state index contributed by atoms with van der Waals surface area (Å²) in [5.41, 5.74) is 3.59. The summed E-state index contributed by atoms with van der Waals surface area (Å²) in [6, 6.07) is 6.69. The van der Waals surface area contributed by atoms with Crippen molar-refractivity contribution < 1.29 is 4.79 Å². The second-order valence-electron chi connectivity index (χ2n) is 5.30. The van der Waals surface area contributed by atoms with Crippen molar-refractivity contribution >= 4 is 5.91 Å². The van der Waals surface area contributed by atoms with Crippen LogP contribution in [0, 0.1) is 0 Å². The van der Waals surface area contributed by atoms with E-state index in [1.165, 1.54) is 24.0 Å². The van der Waals surface area contributed by atoms with Gasteiger partial charge in [-0.3, -0.25) is 4.79 Å². The molecule has 3 aliphatic rings. The van der Waals surface area contributed by atoms with E-state index in [9.17, 15) is 4.79 Å². The Hall–Kier alpha value is -1.35. The molecule has 1 atom stereocenters. The number of fused-ring (bicyclic) bond motifs is 3. The summed E-state index contributed by atoms with van der Waals surface area (Å²) in [4.78, 5) is 14.5. The second-order valence-corrected chi connectivity index (χ2v) is 5.30. The molecule has 1 saturated carbocycles. The fourth-order valence-electron chi connectivity index (χ4n) is 3.22. The molecule has 1 amide bonds. The van der Waals surface area contributed by atoms with Gasteiger partial charge in [-0.1, -0.05) is 18.2 Å². The number of hydrogen-bond acceptors (Lipinski definition) is 2. The topological polar surface area (TPSA) is 32.3 Å². The van der Waals surface area contributed by atoms with E-state index >= 15 is 0 Å². The van der Waals surface area contributed by atoms with Crippen LogP contribution in [0.4, 0.5) is 0 Å². The Morgan fingerprint density at radius 2 is 2.06 bits per heavy atom. The molecule has 2 fully saturated rings. The van der Waals surface area contributed by atoms with Gasteiger partial charge >= 0.3 is 0 Å². The third-order valence-electron chi connectivity index (χ3n) is 4.22. The van der Waals surface area contributed by atoms with Crippen LogP contribution in [0.1, 0.15) is 46.3 Å². The van der Waals surface area contributed by atoms with Gasteiger partial charge < -0.3 is 10.2 Å². The lowest BCUT2D eigenvalue weighted by Crippen LogP contribution is -2.44. The van der Waals surface area contributed by atoms with Gasteiger partial charge in [0.05, 0.1) is 6.04 Å². The first-order valence-electron chi connectivity index (χ1n) is 6.51. The molecule has 0 unspecified atom stereocenters. The molecule has 1 aromatic rings. The Morgan fingerprint density at radius 3 is 2.88 bits per heavy atom. The maximum atomic E-state index is 12.5. The summed E-state index contributed by atoms with van der Waals surface area (Å²) in [7, 11) is 0. The molecule has 1 saturated heterocycles. The molecule has 1 aliphatic carbocycles. The zero-order valence-corrected chi connectivity index (χ0v) is 9.78. The summed E-state index contributed by atoms with van der Waals surface area (Å²) < 4.78 is 0. The van der Waals surface area contributed by atoms with Gasteiger partial charge in [-0.15, -0.1) is 0 Å². The molecule has 0 radical (unpaired) electrons. The van der Waals surface area contributed by atoms with E-state index < -0.39 is 0 Å². The van der Waals surface area contributed by atoms with Crippen molar-refractivity contribution in [2.75, 3.05) is 19.6 Å². The molecule has 0 spiro atoms. The largest absolute Gasteiger partial charge is 0.329 e. The van der Waals surface area contributed by atoms with E-state index in [-0.39, 0.29) is 11.9 Å². The number of nitrogens with zero attached hydrogens (tertiary/aromatic N) is 1.